The number of carbonyl (C=O) groups is 1. The summed E-state index contributed by atoms with van der Waals surface area (Å²) in [7, 11) is 3.04. The summed E-state index contributed by atoms with van der Waals surface area (Å²) in [4.78, 5) is 24.4. The Hall–Kier alpha value is -3.48. The molecule has 0 aliphatic heterocycles. The van der Waals surface area contributed by atoms with Crippen LogP contribution in [0.4, 0.5) is 0 Å². The van der Waals surface area contributed by atoms with Crippen molar-refractivity contribution in [1.82, 2.24) is 0 Å². The van der Waals surface area contributed by atoms with Crippen molar-refractivity contribution in [3.05, 3.63) is 64.0 Å². The van der Waals surface area contributed by atoms with Crippen molar-refractivity contribution in [2.75, 3.05) is 20.8 Å². The SMILES string of the molecule is COc1ccc2c(COC(=O)c3ccc(OCC(C)C)c(OC)c3)cc(=O)oc2c1. The Kier molecular flexibility index (Phi) is 6.61. The van der Waals surface area contributed by atoms with E-state index >= 15 is 0 Å². The largest absolute Gasteiger partial charge is 0.497 e. The first kappa shape index (κ1) is 21.2. The Balaban J connectivity index is 1.78. The number of rotatable bonds is 8. The number of fused-ring (bicyclic) bond motifs is 1. The zero-order valence-corrected chi connectivity index (χ0v) is 17.4. The molecule has 0 radical (unpaired) electrons. The normalized spacial score (nSPS) is 10.8. The van der Waals surface area contributed by atoms with Gasteiger partial charge in [-0.3, -0.25) is 0 Å². The molecule has 0 bridgehead atoms. The van der Waals surface area contributed by atoms with Gasteiger partial charge in [0.25, 0.3) is 0 Å². The minimum Gasteiger partial charge on any atom is -0.497 e. The van der Waals surface area contributed by atoms with Crippen LogP contribution in [-0.4, -0.2) is 26.8 Å². The van der Waals surface area contributed by atoms with Gasteiger partial charge in [0.15, 0.2) is 11.5 Å². The van der Waals surface area contributed by atoms with Crippen molar-refractivity contribution in [3.63, 3.8) is 0 Å². The Morgan fingerprint density at radius 3 is 2.50 bits per heavy atom. The van der Waals surface area contributed by atoms with Crippen LogP contribution < -0.4 is 19.8 Å². The van der Waals surface area contributed by atoms with E-state index in [0.717, 1.165) is 0 Å². The summed E-state index contributed by atoms with van der Waals surface area (Å²) >= 11 is 0. The fourth-order valence-corrected chi connectivity index (χ4v) is 2.85. The fraction of sp³-hybridized carbons (Fsp3) is 0.304. The maximum atomic E-state index is 12.5. The first-order chi connectivity index (χ1) is 14.4. The molecule has 3 rings (SSSR count). The lowest BCUT2D eigenvalue weighted by atomic mass is 10.1. The highest BCUT2D eigenvalue weighted by atomic mass is 16.5. The fourth-order valence-electron chi connectivity index (χ4n) is 2.85. The van der Waals surface area contributed by atoms with E-state index in [1.165, 1.54) is 20.3 Å². The molecule has 7 nitrogen and oxygen atoms in total. The van der Waals surface area contributed by atoms with E-state index in [1.54, 1.807) is 36.4 Å². The molecule has 0 unspecified atom stereocenters. The maximum absolute atomic E-state index is 12.5. The summed E-state index contributed by atoms with van der Waals surface area (Å²) < 4.78 is 26.8. The molecular formula is C23H24O7. The summed E-state index contributed by atoms with van der Waals surface area (Å²) in [5.41, 5.74) is 0.690. The third-order valence-electron chi connectivity index (χ3n) is 4.37. The van der Waals surface area contributed by atoms with Crippen molar-refractivity contribution < 1.29 is 28.2 Å². The molecule has 0 amide bonds. The monoisotopic (exact) mass is 412 g/mol. The Morgan fingerprint density at radius 1 is 1.00 bits per heavy atom. The van der Waals surface area contributed by atoms with Crippen molar-refractivity contribution in [2.45, 2.75) is 20.5 Å². The van der Waals surface area contributed by atoms with Crippen LogP contribution in [0.1, 0.15) is 29.8 Å². The number of methoxy groups -OCH3 is 2. The first-order valence-corrected chi connectivity index (χ1v) is 9.50. The van der Waals surface area contributed by atoms with E-state index in [-0.39, 0.29) is 6.61 Å². The molecule has 0 fully saturated rings. The molecule has 1 heterocycles. The molecule has 3 aromatic rings. The van der Waals surface area contributed by atoms with Crippen LogP contribution in [0.25, 0.3) is 11.0 Å². The molecular weight excluding hydrogens is 388 g/mol. The van der Waals surface area contributed by atoms with E-state index in [4.69, 9.17) is 23.4 Å². The first-order valence-electron chi connectivity index (χ1n) is 9.50. The molecule has 0 N–H and O–H groups in total. The summed E-state index contributed by atoms with van der Waals surface area (Å²) in [6.45, 7) is 4.54. The highest BCUT2D eigenvalue weighted by molar-refractivity contribution is 5.90. The Bertz CT molecular complexity index is 1100. The minimum absolute atomic E-state index is 0.0822. The van der Waals surface area contributed by atoms with E-state index in [0.29, 0.717) is 51.9 Å². The van der Waals surface area contributed by atoms with E-state index in [2.05, 4.69) is 0 Å². The number of carbonyl (C=O) groups excluding carboxylic acids is 1. The van der Waals surface area contributed by atoms with Crippen LogP contribution in [0.3, 0.4) is 0 Å². The number of benzene rings is 2. The van der Waals surface area contributed by atoms with Gasteiger partial charge in [0.05, 0.1) is 26.4 Å². The highest BCUT2D eigenvalue weighted by Crippen LogP contribution is 2.29. The zero-order chi connectivity index (χ0) is 21.7. The number of ether oxygens (including phenoxy) is 4. The van der Waals surface area contributed by atoms with Crippen LogP contribution in [0, 0.1) is 5.92 Å². The molecule has 2 aromatic carbocycles. The average molecular weight is 412 g/mol. The molecule has 0 saturated heterocycles. The molecule has 7 heteroatoms. The van der Waals surface area contributed by atoms with Gasteiger partial charge in [-0.05, 0) is 36.2 Å². The molecule has 0 atom stereocenters. The smallest absolute Gasteiger partial charge is 0.338 e. The predicted molar refractivity (Wildman–Crippen MR) is 111 cm³/mol. The lowest BCUT2D eigenvalue weighted by molar-refractivity contribution is 0.0473. The van der Waals surface area contributed by atoms with Gasteiger partial charge in [-0.25, -0.2) is 9.59 Å². The second kappa shape index (κ2) is 9.35. The van der Waals surface area contributed by atoms with Gasteiger partial charge in [0.1, 0.15) is 17.9 Å². The van der Waals surface area contributed by atoms with Crippen molar-refractivity contribution in [2.24, 2.45) is 5.92 Å². The Morgan fingerprint density at radius 2 is 1.80 bits per heavy atom. The van der Waals surface area contributed by atoms with Gasteiger partial charge < -0.3 is 23.4 Å². The topological polar surface area (TPSA) is 84.2 Å². The maximum Gasteiger partial charge on any atom is 0.338 e. The molecule has 0 aliphatic rings. The molecule has 0 aliphatic carbocycles. The summed E-state index contributed by atoms with van der Waals surface area (Å²) in [5, 5.41) is 0.665. The van der Waals surface area contributed by atoms with Gasteiger partial charge in [0.2, 0.25) is 0 Å². The number of esters is 1. The standard InChI is InChI=1S/C23H24O7/c1-14(2)12-28-19-8-5-15(9-21(19)27-4)23(25)29-13-16-10-22(24)30-20-11-17(26-3)6-7-18(16)20/h5-11,14H,12-13H2,1-4H3. The zero-order valence-electron chi connectivity index (χ0n) is 17.4. The van der Waals surface area contributed by atoms with Crippen LogP contribution >= 0.6 is 0 Å². The molecule has 30 heavy (non-hydrogen) atoms. The lowest BCUT2D eigenvalue weighted by Gasteiger charge is -2.13. The second-order valence-corrected chi connectivity index (χ2v) is 7.10. The second-order valence-electron chi connectivity index (χ2n) is 7.10. The van der Waals surface area contributed by atoms with Crippen molar-refractivity contribution in [1.29, 1.82) is 0 Å². The van der Waals surface area contributed by atoms with Crippen LogP contribution in [0.15, 0.2) is 51.7 Å². The van der Waals surface area contributed by atoms with Gasteiger partial charge in [-0.2, -0.15) is 0 Å². The van der Waals surface area contributed by atoms with Gasteiger partial charge in [-0.15, -0.1) is 0 Å². The highest BCUT2D eigenvalue weighted by Gasteiger charge is 2.15. The van der Waals surface area contributed by atoms with E-state index in [9.17, 15) is 9.59 Å². The quantitative estimate of drug-likeness (QED) is 0.405. The third-order valence-corrected chi connectivity index (χ3v) is 4.37. The average Bonchev–Trinajstić information content (AvgIpc) is 2.74. The van der Waals surface area contributed by atoms with Gasteiger partial charge in [0, 0.05) is 23.1 Å². The van der Waals surface area contributed by atoms with Crippen molar-refractivity contribution in [3.8, 4) is 17.2 Å². The molecule has 1 aromatic heterocycles. The molecule has 0 spiro atoms. The third kappa shape index (κ3) is 4.92. The van der Waals surface area contributed by atoms with E-state index < -0.39 is 11.6 Å². The number of hydrogen-bond donors (Lipinski definition) is 0. The number of hydrogen-bond acceptors (Lipinski definition) is 7. The van der Waals surface area contributed by atoms with Crippen LogP contribution in [0.2, 0.25) is 0 Å². The Labute approximate surface area is 174 Å². The van der Waals surface area contributed by atoms with Crippen LogP contribution in [-0.2, 0) is 11.3 Å². The van der Waals surface area contributed by atoms with Gasteiger partial charge >= 0.3 is 11.6 Å². The minimum atomic E-state index is -0.543. The summed E-state index contributed by atoms with van der Waals surface area (Å²) in [6, 6.07) is 11.3. The predicted octanol–water partition coefficient (Wildman–Crippen LogP) is 4.20. The van der Waals surface area contributed by atoms with Crippen molar-refractivity contribution >= 4 is 16.9 Å². The summed E-state index contributed by atoms with van der Waals surface area (Å²) in [5.74, 6) is 1.38. The van der Waals surface area contributed by atoms with Gasteiger partial charge in [-0.1, -0.05) is 13.8 Å². The molecule has 0 saturated carbocycles. The molecule has 158 valence electrons. The van der Waals surface area contributed by atoms with Crippen LogP contribution in [0.5, 0.6) is 17.2 Å². The van der Waals surface area contributed by atoms with E-state index in [1.807, 2.05) is 13.8 Å². The summed E-state index contributed by atoms with van der Waals surface area (Å²) in [6.07, 6.45) is 0. The lowest BCUT2D eigenvalue weighted by Crippen LogP contribution is -2.09.